The molecule has 0 amide bonds. The van der Waals surface area contributed by atoms with E-state index < -0.39 is 0 Å². The predicted octanol–water partition coefficient (Wildman–Crippen LogP) is 4.26. The van der Waals surface area contributed by atoms with Crippen LogP contribution in [0, 0.1) is 0 Å². The molecule has 1 N–H and O–H groups in total. The highest BCUT2D eigenvalue weighted by molar-refractivity contribution is 9.10. The third-order valence-electron chi connectivity index (χ3n) is 2.39. The molecule has 1 aromatic carbocycles. The summed E-state index contributed by atoms with van der Waals surface area (Å²) in [6.45, 7) is 0.713. The zero-order valence-corrected chi connectivity index (χ0v) is 11.2. The Balaban J connectivity index is 1.79. The van der Waals surface area contributed by atoms with Crippen LogP contribution in [-0.2, 0) is 6.54 Å². The Morgan fingerprint density at radius 1 is 1.29 bits per heavy atom. The summed E-state index contributed by atoms with van der Waals surface area (Å²) in [6, 6.07) is 10.3. The number of fused-ring (bicyclic) bond motifs is 1. The first kappa shape index (κ1) is 10.8. The highest BCUT2D eigenvalue weighted by Crippen LogP contribution is 2.24. The lowest BCUT2D eigenvalue weighted by Gasteiger charge is -1.98. The number of thiophene rings is 1. The molecule has 0 atom stereocenters. The Hall–Kier alpha value is -1.33. The first-order valence-corrected chi connectivity index (χ1v) is 6.81. The van der Waals surface area contributed by atoms with Gasteiger partial charge in [0.05, 0.1) is 6.54 Å². The molecule has 0 aliphatic carbocycles. The minimum absolute atomic E-state index is 0.562. The number of rotatable bonds is 3. The Morgan fingerprint density at radius 3 is 2.94 bits per heavy atom. The minimum atomic E-state index is 0.562. The topological polar surface area (TPSA) is 38.1 Å². The largest absolute Gasteiger partial charge is 0.424 e. The maximum absolute atomic E-state index is 5.57. The molecule has 86 valence electrons. The fourth-order valence-corrected chi connectivity index (χ4v) is 2.99. The number of oxazole rings is 1. The van der Waals surface area contributed by atoms with Crippen molar-refractivity contribution in [2.75, 3.05) is 5.32 Å². The highest BCUT2D eigenvalue weighted by atomic mass is 79.9. The number of halogens is 1. The van der Waals surface area contributed by atoms with Gasteiger partial charge >= 0.3 is 0 Å². The SMILES string of the molecule is Brc1ccsc1CNc1nc2ccccc2o1. The quantitative estimate of drug-likeness (QED) is 0.785. The highest BCUT2D eigenvalue weighted by Gasteiger charge is 2.06. The molecule has 0 aliphatic heterocycles. The third kappa shape index (κ3) is 2.21. The van der Waals surface area contributed by atoms with Crippen molar-refractivity contribution < 1.29 is 4.42 Å². The molecule has 0 aliphatic rings. The molecular weight excluding hydrogens is 300 g/mol. The summed E-state index contributed by atoms with van der Waals surface area (Å²) < 4.78 is 6.69. The Labute approximate surface area is 111 Å². The van der Waals surface area contributed by atoms with E-state index >= 15 is 0 Å². The molecule has 0 saturated heterocycles. The van der Waals surface area contributed by atoms with Crippen molar-refractivity contribution in [2.24, 2.45) is 0 Å². The van der Waals surface area contributed by atoms with Crippen LogP contribution in [0.3, 0.4) is 0 Å². The molecule has 0 saturated carbocycles. The van der Waals surface area contributed by atoms with Gasteiger partial charge in [-0.1, -0.05) is 12.1 Å². The van der Waals surface area contributed by atoms with Crippen LogP contribution in [0.15, 0.2) is 44.6 Å². The van der Waals surface area contributed by atoms with Crippen LogP contribution in [0.4, 0.5) is 6.01 Å². The van der Waals surface area contributed by atoms with E-state index in [1.54, 1.807) is 11.3 Å². The van der Waals surface area contributed by atoms with Crippen molar-refractivity contribution in [1.29, 1.82) is 0 Å². The Kier molecular flexibility index (Phi) is 2.86. The van der Waals surface area contributed by atoms with E-state index in [9.17, 15) is 0 Å². The van der Waals surface area contributed by atoms with Crippen LogP contribution in [0.1, 0.15) is 4.88 Å². The second-order valence-corrected chi connectivity index (χ2v) is 5.39. The summed E-state index contributed by atoms with van der Waals surface area (Å²) in [5.74, 6) is 0. The zero-order valence-electron chi connectivity index (χ0n) is 8.81. The molecule has 3 rings (SSSR count). The zero-order chi connectivity index (χ0) is 11.7. The van der Waals surface area contributed by atoms with Crippen LogP contribution in [0.25, 0.3) is 11.1 Å². The summed E-state index contributed by atoms with van der Waals surface area (Å²) >= 11 is 5.19. The van der Waals surface area contributed by atoms with Gasteiger partial charge < -0.3 is 9.73 Å². The maximum atomic E-state index is 5.57. The molecule has 3 nitrogen and oxygen atoms in total. The van der Waals surface area contributed by atoms with E-state index in [2.05, 4.69) is 26.2 Å². The maximum Gasteiger partial charge on any atom is 0.295 e. The van der Waals surface area contributed by atoms with Crippen LogP contribution in [-0.4, -0.2) is 4.98 Å². The molecule has 0 bridgehead atoms. The van der Waals surface area contributed by atoms with Gasteiger partial charge in [-0.3, -0.25) is 0 Å². The van der Waals surface area contributed by atoms with E-state index in [1.807, 2.05) is 35.7 Å². The Bertz CT molecular complexity index is 614. The van der Waals surface area contributed by atoms with E-state index in [0.717, 1.165) is 15.6 Å². The van der Waals surface area contributed by atoms with Crippen LogP contribution in [0.2, 0.25) is 0 Å². The van der Waals surface area contributed by atoms with E-state index in [-0.39, 0.29) is 0 Å². The second kappa shape index (κ2) is 4.50. The number of nitrogens with zero attached hydrogens (tertiary/aromatic N) is 1. The lowest BCUT2D eigenvalue weighted by atomic mass is 10.3. The average molecular weight is 309 g/mol. The van der Waals surface area contributed by atoms with Crippen molar-refractivity contribution in [2.45, 2.75) is 6.54 Å². The number of aromatic nitrogens is 1. The average Bonchev–Trinajstić information content (AvgIpc) is 2.92. The van der Waals surface area contributed by atoms with Crippen molar-refractivity contribution in [3.05, 3.63) is 45.1 Å². The second-order valence-electron chi connectivity index (χ2n) is 3.53. The van der Waals surface area contributed by atoms with Crippen molar-refractivity contribution >= 4 is 44.4 Å². The monoisotopic (exact) mass is 308 g/mol. The van der Waals surface area contributed by atoms with Crippen molar-refractivity contribution in [3.63, 3.8) is 0 Å². The third-order valence-corrected chi connectivity index (χ3v) is 4.31. The fourth-order valence-electron chi connectivity index (χ4n) is 1.55. The molecule has 3 aromatic rings. The summed E-state index contributed by atoms with van der Waals surface area (Å²) in [6.07, 6.45) is 0. The van der Waals surface area contributed by atoms with Crippen molar-refractivity contribution in [1.82, 2.24) is 4.98 Å². The van der Waals surface area contributed by atoms with E-state index in [1.165, 1.54) is 4.88 Å². The number of para-hydroxylation sites is 2. The molecule has 0 radical (unpaired) electrons. The molecule has 0 spiro atoms. The predicted molar refractivity (Wildman–Crippen MR) is 73.4 cm³/mol. The lowest BCUT2D eigenvalue weighted by molar-refractivity contribution is 0.615. The van der Waals surface area contributed by atoms with Crippen molar-refractivity contribution in [3.8, 4) is 0 Å². The molecular formula is C12H9BrN2OS. The van der Waals surface area contributed by atoms with E-state index in [0.29, 0.717) is 12.6 Å². The van der Waals surface area contributed by atoms with E-state index in [4.69, 9.17) is 4.42 Å². The number of hydrogen-bond donors (Lipinski definition) is 1. The number of nitrogens with one attached hydrogen (secondary N) is 1. The summed E-state index contributed by atoms with van der Waals surface area (Å²) in [5, 5.41) is 5.23. The molecule has 2 heterocycles. The molecule has 0 fully saturated rings. The van der Waals surface area contributed by atoms with Gasteiger partial charge in [0.2, 0.25) is 0 Å². The van der Waals surface area contributed by atoms with Gasteiger partial charge in [0.25, 0.3) is 6.01 Å². The minimum Gasteiger partial charge on any atom is -0.424 e. The van der Waals surface area contributed by atoms with Gasteiger partial charge in [0, 0.05) is 9.35 Å². The van der Waals surface area contributed by atoms with Gasteiger partial charge in [-0.2, -0.15) is 4.98 Å². The van der Waals surface area contributed by atoms with Gasteiger partial charge in [0.1, 0.15) is 5.52 Å². The molecule has 2 aromatic heterocycles. The Morgan fingerprint density at radius 2 is 2.18 bits per heavy atom. The summed E-state index contributed by atoms with van der Waals surface area (Å²) in [5.41, 5.74) is 1.68. The van der Waals surface area contributed by atoms with Gasteiger partial charge in [0.15, 0.2) is 5.58 Å². The smallest absolute Gasteiger partial charge is 0.295 e. The standard InChI is InChI=1S/C12H9BrN2OS/c13-8-5-6-17-11(8)7-14-12-15-9-3-1-2-4-10(9)16-12/h1-6H,7H2,(H,14,15). The van der Waals surface area contributed by atoms with Gasteiger partial charge in [-0.25, -0.2) is 0 Å². The van der Waals surface area contributed by atoms with Crippen LogP contribution >= 0.6 is 27.3 Å². The molecule has 0 unspecified atom stereocenters. The fraction of sp³-hybridized carbons (Fsp3) is 0.0833. The van der Waals surface area contributed by atoms with Crippen LogP contribution < -0.4 is 5.32 Å². The number of anilines is 1. The number of hydrogen-bond acceptors (Lipinski definition) is 4. The van der Waals surface area contributed by atoms with Gasteiger partial charge in [-0.15, -0.1) is 11.3 Å². The van der Waals surface area contributed by atoms with Crippen LogP contribution in [0.5, 0.6) is 0 Å². The van der Waals surface area contributed by atoms with Gasteiger partial charge in [-0.05, 0) is 39.5 Å². The molecule has 17 heavy (non-hydrogen) atoms. The molecule has 5 heteroatoms. The first-order valence-electron chi connectivity index (χ1n) is 5.14. The first-order chi connectivity index (χ1) is 8.33. The summed E-state index contributed by atoms with van der Waals surface area (Å²) in [4.78, 5) is 5.58. The lowest BCUT2D eigenvalue weighted by Crippen LogP contribution is -1.97. The number of benzene rings is 1. The summed E-state index contributed by atoms with van der Waals surface area (Å²) in [7, 11) is 0. The normalized spacial score (nSPS) is 10.9.